The minimum atomic E-state index is 0.519. The highest BCUT2D eigenvalue weighted by Gasteiger charge is 2.15. The quantitative estimate of drug-likeness (QED) is 0.664. The van der Waals surface area contributed by atoms with Crippen molar-refractivity contribution in [2.75, 3.05) is 5.73 Å². The Morgan fingerprint density at radius 1 is 1.33 bits per heavy atom. The molecule has 0 spiro atoms. The molecule has 5 heteroatoms. The fourth-order valence-corrected chi connectivity index (χ4v) is 2.40. The van der Waals surface area contributed by atoms with Crippen LogP contribution in [0, 0.1) is 31.4 Å². The van der Waals surface area contributed by atoms with Crippen LogP contribution in [0.4, 0.5) is 5.82 Å². The first-order chi connectivity index (χ1) is 8.54. The lowest BCUT2D eigenvalue weighted by Gasteiger charge is -2.08. The number of benzene rings is 1. The summed E-state index contributed by atoms with van der Waals surface area (Å²) in [5.74, 6) is 0.519. The molecule has 1 heterocycles. The Labute approximate surface area is 110 Å². The van der Waals surface area contributed by atoms with E-state index in [1.54, 1.807) is 4.68 Å². The van der Waals surface area contributed by atoms with E-state index in [0.717, 1.165) is 33.6 Å². The number of nitrogen functional groups attached to an aromatic ring is 1. The number of aryl methyl sites for hydroxylation is 3. The van der Waals surface area contributed by atoms with Gasteiger partial charge in [-0.1, -0.05) is 17.7 Å². The lowest BCUT2D eigenvalue weighted by Crippen LogP contribution is -2.04. The maximum atomic E-state index is 8.76. The Kier molecular flexibility index (Phi) is 3.30. The van der Waals surface area contributed by atoms with Gasteiger partial charge in [0.2, 0.25) is 0 Å². The standard InChI is InChI=1S/C13H14N4S/c1-8-4-5-11(9(2)6-8)17-13(15)12(18-7-14)10(3)16-17/h4-6H,15H2,1-3H3. The topological polar surface area (TPSA) is 67.6 Å². The van der Waals surface area contributed by atoms with E-state index in [4.69, 9.17) is 11.0 Å². The van der Waals surface area contributed by atoms with Gasteiger partial charge in [-0.3, -0.25) is 0 Å². The summed E-state index contributed by atoms with van der Waals surface area (Å²) >= 11 is 1.05. The summed E-state index contributed by atoms with van der Waals surface area (Å²) in [7, 11) is 0. The highest BCUT2D eigenvalue weighted by atomic mass is 32.2. The Morgan fingerprint density at radius 2 is 2.06 bits per heavy atom. The predicted molar refractivity (Wildman–Crippen MR) is 73.7 cm³/mol. The first-order valence-electron chi connectivity index (χ1n) is 5.53. The average Bonchev–Trinajstić information content (AvgIpc) is 2.58. The monoisotopic (exact) mass is 258 g/mol. The molecular weight excluding hydrogens is 244 g/mol. The molecule has 0 aliphatic carbocycles. The number of hydrogen-bond acceptors (Lipinski definition) is 4. The van der Waals surface area contributed by atoms with E-state index in [9.17, 15) is 0 Å². The molecule has 0 amide bonds. The predicted octanol–water partition coefficient (Wildman–Crippen LogP) is 2.95. The Bertz CT molecular complexity index is 637. The van der Waals surface area contributed by atoms with Gasteiger partial charge in [0.15, 0.2) is 0 Å². The molecule has 92 valence electrons. The van der Waals surface area contributed by atoms with Crippen molar-refractivity contribution < 1.29 is 0 Å². The molecule has 0 radical (unpaired) electrons. The van der Waals surface area contributed by atoms with E-state index in [2.05, 4.69) is 11.2 Å². The van der Waals surface area contributed by atoms with Gasteiger partial charge in [0.05, 0.1) is 16.3 Å². The summed E-state index contributed by atoms with van der Waals surface area (Å²) in [4.78, 5) is 0.734. The second-order valence-electron chi connectivity index (χ2n) is 4.19. The van der Waals surface area contributed by atoms with E-state index in [1.807, 2.05) is 38.3 Å². The number of nitriles is 1. The largest absolute Gasteiger partial charge is 0.383 e. The van der Waals surface area contributed by atoms with Crippen LogP contribution in [0.3, 0.4) is 0 Å². The first-order valence-corrected chi connectivity index (χ1v) is 6.35. The van der Waals surface area contributed by atoms with Gasteiger partial charge in [-0.15, -0.1) is 0 Å². The van der Waals surface area contributed by atoms with Crippen molar-refractivity contribution in [2.45, 2.75) is 25.7 Å². The van der Waals surface area contributed by atoms with Gasteiger partial charge in [-0.05, 0) is 44.2 Å². The van der Waals surface area contributed by atoms with Crippen LogP contribution in [-0.2, 0) is 0 Å². The van der Waals surface area contributed by atoms with Crippen LogP contribution in [0.1, 0.15) is 16.8 Å². The fraction of sp³-hybridized carbons (Fsp3) is 0.231. The smallest absolute Gasteiger partial charge is 0.142 e. The molecule has 0 fully saturated rings. The number of aromatic nitrogens is 2. The summed E-state index contributed by atoms with van der Waals surface area (Å²) in [5, 5.41) is 15.2. The van der Waals surface area contributed by atoms with Gasteiger partial charge in [0.25, 0.3) is 0 Å². The SMILES string of the molecule is Cc1ccc(-n2nc(C)c(SC#N)c2N)c(C)c1. The van der Waals surface area contributed by atoms with Gasteiger partial charge in [-0.2, -0.15) is 10.4 Å². The summed E-state index contributed by atoms with van der Waals surface area (Å²) < 4.78 is 1.70. The third-order valence-electron chi connectivity index (χ3n) is 2.77. The average molecular weight is 258 g/mol. The lowest BCUT2D eigenvalue weighted by molar-refractivity contribution is 0.864. The number of nitrogens with zero attached hydrogens (tertiary/aromatic N) is 3. The molecule has 1 aromatic heterocycles. The van der Waals surface area contributed by atoms with Crippen LogP contribution in [0.15, 0.2) is 23.1 Å². The third-order valence-corrected chi connectivity index (χ3v) is 3.57. The molecule has 0 saturated carbocycles. The van der Waals surface area contributed by atoms with Crippen LogP contribution >= 0.6 is 11.8 Å². The van der Waals surface area contributed by atoms with Crippen molar-refractivity contribution in [1.29, 1.82) is 5.26 Å². The van der Waals surface area contributed by atoms with Crippen LogP contribution in [0.2, 0.25) is 0 Å². The lowest BCUT2D eigenvalue weighted by atomic mass is 10.1. The molecule has 2 N–H and O–H groups in total. The Balaban J connectivity index is 2.58. The van der Waals surface area contributed by atoms with Crippen molar-refractivity contribution >= 4 is 17.6 Å². The van der Waals surface area contributed by atoms with Gasteiger partial charge < -0.3 is 5.73 Å². The maximum Gasteiger partial charge on any atom is 0.142 e. The number of thiocyanates is 1. The van der Waals surface area contributed by atoms with E-state index < -0.39 is 0 Å². The molecule has 4 nitrogen and oxygen atoms in total. The molecule has 0 aliphatic rings. The summed E-state index contributed by atoms with van der Waals surface area (Å²) in [6.07, 6.45) is 0. The van der Waals surface area contributed by atoms with Crippen LogP contribution in [0.25, 0.3) is 5.69 Å². The summed E-state index contributed by atoms with van der Waals surface area (Å²) in [6.45, 7) is 5.93. The van der Waals surface area contributed by atoms with Crippen LogP contribution < -0.4 is 5.73 Å². The number of hydrogen-bond donors (Lipinski definition) is 1. The molecule has 0 saturated heterocycles. The molecule has 1 aromatic carbocycles. The zero-order valence-corrected chi connectivity index (χ0v) is 11.4. The summed E-state index contributed by atoms with van der Waals surface area (Å²) in [5.41, 5.74) is 10.1. The van der Waals surface area contributed by atoms with Gasteiger partial charge in [-0.25, -0.2) is 4.68 Å². The van der Waals surface area contributed by atoms with E-state index in [-0.39, 0.29) is 0 Å². The molecule has 2 aromatic rings. The normalized spacial score (nSPS) is 10.3. The highest BCUT2D eigenvalue weighted by Crippen LogP contribution is 2.30. The van der Waals surface area contributed by atoms with Crippen molar-refractivity contribution in [2.24, 2.45) is 0 Å². The van der Waals surface area contributed by atoms with E-state index >= 15 is 0 Å². The fourth-order valence-electron chi connectivity index (χ4n) is 1.93. The number of nitrogens with two attached hydrogens (primary N) is 1. The number of thioether (sulfide) groups is 1. The number of anilines is 1. The minimum Gasteiger partial charge on any atom is -0.383 e. The Hall–Kier alpha value is -1.93. The van der Waals surface area contributed by atoms with Crippen molar-refractivity contribution in [3.05, 3.63) is 35.0 Å². The van der Waals surface area contributed by atoms with Crippen molar-refractivity contribution in [3.8, 4) is 11.1 Å². The molecule has 0 aliphatic heterocycles. The van der Waals surface area contributed by atoms with Gasteiger partial charge in [0.1, 0.15) is 11.2 Å². The maximum absolute atomic E-state index is 8.76. The van der Waals surface area contributed by atoms with E-state index in [0.29, 0.717) is 5.82 Å². The molecule has 2 rings (SSSR count). The zero-order valence-electron chi connectivity index (χ0n) is 10.6. The van der Waals surface area contributed by atoms with Gasteiger partial charge in [0, 0.05) is 0 Å². The van der Waals surface area contributed by atoms with Crippen LogP contribution in [-0.4, -0.2) is 9.78 Å². The Morgan fingerprint density at radius 3 is 2.67 bits per heavy atom. The van der Waals surface area contributed by atoms with E-state index in [1.165, 1.54) is 5.56 Å². The zero-order chi connectivity index (χ0) is 13.3. The van der Waals surface area contributed by atoms with Crippen LogP contribution in [0.5, 0.6) is 0 Å². The molecule has 0 unspecified atom stereocenters. The molecule has 0 atom stereocenters. The summed E-state index contributed by atoms with van der Waals surface area (Å²) in [6, 6.07) is 6.10. The molecular formula is C13H14N4S. The molecule has 0 bridgehead atoms. The van der Waals surface area contributed by atoms with Crippen molar-refractivity contribution in [3.63, 3.8) is 0 Å². The number of rotatable bonds is 2. The van der Waals surface area contributed by atoms with Gasteiger partial charge >= 0.3 is 0 Å². The second-order valence-corrected chi connectivity index (χ2v) is 4.99. The second kappa shape index (κ2) is 4.75. The highest BCUT2D eigenvalue weighted by molar-refractivity contribution is 8.03. The minimum absolute atomic E-state index is 0.519. The van der Waals surface area contributed by atoms with Crippen molar-refractivity contribution in [1.82, 2.24) is 9.78 Å². The molecule has 18 heavy (non-hydrogen) atoms. The third kappa shape index (κ3) is 2.07. The first kappa shape index (κ1) is 12.5.